The molecule has 0 aromatic carbocycles. The van der Waals surface area contributed by atoms with Gasteiger partial charge in [-0.15, -0.1) is 0 Å². The smallest absolute Gasteiger partial charge is 0.322 e. The van der Waals surface area contributed by atoms with Crippen molar-refractivity contribution >= 4 is 5.97 Å². The zero-order valence-corrected chi connectivity index (χ0v) is 10.7. The molecule has 3 heteroatoms. The fourth-order valence-electron chi connectivity index (χ4n) is 3.56. The summed E-state index contributed by atoms with van der Waals surface area (Å²) in [5.41, 5.74) is 5.98. The first-order valence-corrected chi connectivity index (χ1v) is 6.25. The van der Waals surface area contributed by atoms with Crippen LogP contribution in [0.2, 0.25) is 0 Å². The third-order valence-electron chi connectivity index (χ3n) is 5.34. The van der Waals surface area contributed by atoms with Crippen molar-refractivity contribution < 1.29 is 9.53 Å². The largest absolute Gasteiger partial charge is 0.461 e. The number of hydrogen-bond acceptors (Lipinski definition) is 3. The van der Waals surface area contributed by atoms with Gasteiger partial charge in [0, 0.05) is 5.41 Å². The molecule has 0 saturated heterocycles. The lowest BCUT2D eigenvalue weighted by Gasteiger charge is -2.38. The van der Waals surface area contributed by atoms with E-state index in [-0.39, 0.29) is 22.9 Å². The summed E-state index contributed by atoms with van der Waals surface area (Å²) in [6.07, 6.45) is 3.53. The van der Waals surface area contributed by atoms with Crippen LogP contribution >= 0.6 is 0 Å². The van der Waals surface area contributed by atoms with Crippen LogP contribution in [0.3, 0.4) is 0 Å². The Hall–Kier alpha value is -0.570. The van der Waals surface area contributed by atoms with E-state index in [4.69, 9.17) is 10.5 Å². The minimum atomic E-state index is -0.508. The van der Waals surface area contributed by atoms with E-state index in [0.717, 1.165) is 6.42 Å². The van der Waals surface area contributed by atoms with E-state index < -0.39 is 6.04 Å². The van der Waals surface area contributed by atoms with Gasteiger partial charge in [0.15, 0.2) is 0 Å². The Morgan fingerprint density at radius 3 is 2.44 bits per heavy atom. The maximum Gasteiger partial charge on any atom is 0.322 e. The minimum absolute atomic E-state index is 0.0692. The highest BCUT2D eigenvalue weighted by molar-refractivity contribution is 5.75. The molecule has 0 amide bonds. The molecule has 0 spiro atoms. The number of hydrogen-bond donors (Lipinski definition) is 1. The monoisotopic (exact) mass is 225 g/mol. The second-order valence-electron chi connectivity index (χ2n) is 6.32. The van der Waals surface area contributed by atoms with Crippen molar-refractivity contribution in [3.8, 4) is 0 Å². The van der Waals surface area contributed by atoms with Crippen LogP contribution in [-0.2, 0) is 9.53 Å². The van der Waals surface area contributed by atoms with E-state index in [1.807, 2.05) is 0 Å². The van der Waals surface area contributed by atoms with E-state index in [1.54, 1.807) is 6.92 Å². The van der Waals surface area contributed by atoms with Gasteiger partial charge in [-0.1, -0.05) is 20.8 Å². The van der Waals surface area contributed by atoms with Crippen LogP contribution in [0.5, 0.6) is 0 Å². The molecule has 2 saturated carbocycles. The molecule has 3 nitrogen and oxygen atoms in total. The van der Waals surface area contributed by atoms with Crippen molar-refractivity contribution in [1.82, 2.24) is 0 Å². The van der Waals surface area contributed by atoms with Gasteiger partial charge in [-0.3, -0.25) is 4.79 Å². The molecule has 16 heavy (non-hydrogen) atoms. The molecular formula is C13H23NO2. The maximum absolute atomic E-state index is 11.6. The molecule has 0 aromatic heterocycles. The molecule has 2 N–H and O–H groups in total. The van der Waals surface area contributed by atoms with Crippen LogP contribution in [0, 0.1) is 16.7 Å². The third-order valence-corrected chi connectivity index (χ3v) is 5.34. The Bertz CT molecular complexity index is 311. The first-order chi connectivity index (χ1) is 7.29. The lowest BCUT2D eigenvalue weighted by molar-refractivity contribution is -0.158. The van der Waals surface area contributed by atoms with Crippen molar-refractivity contribution in [3.63, 3.8) is 0 Å². The third kappa shape index (κ3) is 1.41. The Morgan fingerprint density at radius 2 is 2.06 bits per heavy atom. The van der Waals surface area contributed by atoms with Crippen molar-refractivity contribution in [1.29, 1.82) is 0 Å². The first kappa shape index (κ1) is 11.9. The highest BCUT2D eigenvalue weighted by Gasteiger charge is 2.62. The SMILES string of the molecule is C[C@H](N)C(=O)OC1CC2CCC1(C)C2(C)C. The zero-order valence-electron chi connectivity index (χ0n) is 10.7. The molecule has 0 aromatic rings. The number of nitrogens with two attached hydrogens (primary N) is 1. The first-order valence-electron chi connectivity index (χ1n) is 6.25. The molecule has 92 valence electrons. The summed E-state index contributed by atoms with van der Waals surface area (Å²) in [5, 5.41) is 0. The molecule has 2 aliphatic rings. The van der Waals surface area contributed by atoms with Crippen molar-refractivity contribution in [3.05, 3.63) is 0 Å². The van der Waals surface area contributed by atoms with Crippen LogP contribution in [0.25, 0.3) is 0 Å². The van der Waals surface area contributed by atoms with Gasteiger partial charge in [-0.05, 0) is 37.5 Å². The second kappa shape index (κ2) is 3.46. The summed E-state index contributed by atoms with van der Waals surface area (Å²) >= 11 is 0. The van der Waals surface area contributed by atoms with Gasteiger partial charge < -0.3 is 10.5 Å². The van der Waals surface area contributed by atoms with Crippen molar-refractivity contribution in [2.45, 2.75) is 59.1 Å². The number of fused-ring (bicyclic) bond motifs is 2. The number of carbonyl (C=O) groups excluding carboxylic acids is 1. The van der Waals surface area contributed by atoms with Crippen molar-refractivity contribution in [2.24, 2.45) is 22.5 Å². The molecule has 0 heterocycles. The van der Waals surface area contributed by atoms with E-state index >= 15 is 0 Å². The molecule has 4 atom stereocenters. The lowest BCUT2D eigenvalue weighted by Crippen LogP contribution is -2.41. The van der Waals surface area contributed by atoms with E-state index in [0.29, 0.717) is 5.92 Å². The summed E-state index contributed by atoms with van der Waals surface area (Å²) in [6.45, 7) is 8.57. The Labute approximate surface area is 97.7 Å². The predicted molar refractivity (Wildman–Crippen MR) is 62.8 cm³/mol. The number of carbonyl (C=O) groups is 1. The van der Waals surface area contributed by atoms with E-state index in [1.165, 1.54) is 12.8 Å². The summed E-state index contributed by atoms with van der Waals surface area (Å²) in [6, 6.07) is -0.508. The van der Waals surface area contributed by atoms with Gasteiger partial charge in [0.2, 0.25) is 0 Å². The molecule has 2 rings (SSSR count). The quantitative estimate of drug-likeness (QED) is 0.732. The van der Waals surface area contributed by atoms with E-state index in [9.17, 15) is 4.79 Å². The zero-order chi connectivity index (χ0) is 12.1. The summed E-state index contributed by atoms with van der Waals surface area (Å²) < 4.78 is 5.58. The fourth-order valence-corrected chi connectivity index (χ4v) is 3.56. The lowest BCUT2D eigenvalue weighted by atomic mass is 9.70. The summed E-state index contributed by atoms with van der Waals surface area (Å²) in [7, 11) is 0. The highest BCUT2D eigenvalue weighted by Crippen LogP contribution is 2.66. The molecule has 2 fully saturated rings. The normalized spacial score (nSPS) is 42.1. The molecular weight excluding hydrogens is 202 g/mol. The van der Waals surface area contributed by atoms with Gasteiger partial charge in [0.05, 0.1) is 0 Å². The fraction of sp³-hybridized carbons (Fsp3) is 0.923. The Morgan fingerprint density at radius 1 is 1.44 bits per heavy atom. The second-order valence-corrected chi connectivity index (χ2v) is 6.32. The topological polar surface area (TPSA) is 52.3 Å². The predicted octanol–water partition coefficient (Wildman–Crippen LogP) is 2.09. The van der Waals surface area contributed by atoms with Crippen LogP contribution in [-0.4, -0.2) is 18.1 Å². The van der Waals surface area contributed by atoms with Crippen LogP contribution in [0.1, 0.15) is 47.0 Å². The Kier molecular flexibility index (Phi) is 2.57. The Balaban J connectivity index is 2.13. The van der Waals surface area contributed by atoms with Gasteiger partial charge >= 0.3 is 5.97 Å². The van der Waals surface area contributed by atoms with E-state index in [2.05, 4.69) is 20.8 Å². The van der Waals surface area contributed by atoms with Crippen LogP contribution in [0.4, 0.5) is 0 Å². The summed E-state index contributed by atoms with van der Waals surface area (Å²) in [4.78, 5) is 11.6. The van der Waals surface area contributed by atoms with Crippen molar-refractivity contribution in [2.75, 3.05) is 0 Å². The molecule has 3 unspecified atom stereocenters. The highest BCUT2D eigenvalue weighted by atomic mass is 16.5. The van der Waals surface area contributed by atoms with Gasteiger partial charge in [0.1, 0.15) is 12.1 Å². The molecule has 2 bridgehead atoms. The summed E-state index contributed by atoms with van der Waals surface area (Å²) in [5.74, 6) is 0.443. The van der Waals surface area contributed by atoms with Crippen LogP contribution in [0.15, 0.2) is 0 Å². The van der Waals surface area contributed by atoms with Gasteiger partial charge in [0.25, 0.3) is 0 Å². The van der Waals surface area contributed by atoms with Gasteiger partial charge in [-0.25, -0.2) is 0 Å². The molecule has 0 radical (unpaired) electrons. The minimum Gasteiger partial charge on any atom is -0.461 e. The molecule has 2 aliphatic carbocycles. The average molecular weight is 225 g/mol. The standard InChI is InChI=1S/C13H23NO2/c1-8(14)11(15)16-10-7-9-5-6-13(10,4)12(9,2)3/h8-10H,5-7,14H2,1-4H3/t8-,9?,10?,13?/m0/s1. The van der Waals surface area contributed by atoms with Crippen LogP contribution < -0.4 is 5.73 Å². The average Bonchev–Trinajstić information content (AvgIpc) is 2.50. The number of rotatable bonds is 2. The molecule has 0 aliphatic heterocycles. The van der Waals surface area contributed by atoms with Gasteiger partial charge in [-0.2, -0.15) is 0 Å². The number of ether oxygens (including phenoxy) is 1. The maximum atomic E-state index is 11.6. The number of esters is 1.